The van der Waals surface area contributed by atoms with Gasteiger partial charge in [-0.2, -0.15) is 23.5 Å². The summed E-state index contributed by atoms with van der Waals surface area (Å²) in [6.07, 6.45) is -4.42. The Morgan fingerprint density at radius 3 is 2.32 bits per heavy atom. The second kappa shape index (κ2) is 13.6. The number of nitrogens with zero attached hydrogens (tertiary/aromatic N) is 5. The molecule has 2 N–H and O–H groups in total. The van der Waals surface area contributed by atoms with Crippen LogP contribution in [0.1, 0.15) is 38.4 Å². The molecule has 41 heavy (non-hydrogen) atoms. The number of nitriles is 1. The first-order valence-corrected chi connectivity index (χ1v) is 13.0. The lowest BCUT2D eigenvalue weighted by atomic mass is 10.0. The van der Waals surface area contributed by atoms with Crippen molar-refractivity contribution in [2.75, 3.05) is 39.3 Å². The average Bonchev–Trinajstić information content (AvgIpc) is 3.21. The minimum Gasteiger partial charge on any atom is -0.475 e. The molecule has 0 radical (unpaired) electrons. The van der Waals surface area contributed by atoms with E-state index in [-0.39, 0.29) is 12.5 Å². The maximum Gasteiger partial charge on any atom is 0.490 e. The molecule has 0 spiro atoms. The molecule has 3 aromatic rings. The quantitative estimate of drug-likeness (QED) is 0.444. The van der Waals surface area contributed by atoms with Crippen LogP contribution in [-0.2, 0) is 11.2 Å². The van der Waals surface area contributed by atoms with Crippen molar-refractivity contribution in [3.05, 3.63) is 81.1 Å². The van der Waals surface area contributed by atoms with Gasteiger partial charge in [-0.25, -0.2) is 9.48 Å². The van der Waals surface area contributed by atoms with Crippen LogP contribution >= 0.6 is 11.6 Å². The molecule has 2 heterocycles. The van der Waals surface area contributed by atoms with Crippen molar-refractivity contribution in [2.45, 2.75) is 26.4 Å². The largest absolute Gasteiger partial charge is 0.490 e. The van der Waals surface area contributed by atoms with Crippen molar-refractivity contribution < 1.29 is 33.0 Å². The molecule has 0 unspecified atom stereocenters. The summed E-state index contributed by atoms with van der Waals surface area (Å²) in [5.74, 6) is -2.71. The Hall–Kier alpha value is -3.92. The van der Waals surface area contributed by atoms with Crippen LogP contribution in [0.2, 0.25) is 5.02 Å². The van der Waals surface area contributed by atoms with Crippen molar-refractivity contribution in [2.24, 2.45) is 0 Å². The van der Waals surface area contributed by atoms with Gasteiger partial charge in [0, 0.05) is 56.0 Å². The summed E-state index contributed by atoms with van der Waals surface area (Å²) in [7, 11) is 0. The van der Waals surface area contributed by atoms with E-state index in [1.54, 1.807) is 12.1 Å². The van der Waals surface area contributed by atoms with E-state index >= 15 is 0 Å². The lowest BCUT2D eigenvalue weighted by molar-refractivity contribution is -0.192. The minimum absolute atomic E-state index is 0.0434. The Morgan fingerprint density at radius 2 is 1.76 bits per heavy atom. The molecular formula is C28H29ClF3N5O4. The van der Waals surface area contributed by atoms with Gasteiger partial charge < -0.3 is 15.1 Å². The molecule has 4 rings (SSSR count). The maximum absolute atomic E-state index is 13.1. The highest BCUT2D eigenvalue weighted by Crippen LogP contribution is 2.25. The zero-order chi connectivity index (χ0) is 30.3. The molecule has 0 bridgehead atoms. The zero-order valence-electron chi connectivity index (χ0n) is 22.5. The van der Waals surface area contributed by atoms with Crippen molar-refractivity contribution in [1.29, 1.82) is 5.26 Å². The summed E-state index contributed by atoms with van der Waals surface area (Å²) in [6, 6.07) is 15.2. The van der Waals surface area contributed by atoms with Crippen LogP contribution in [0.5, 0.6) is 0 Å². The number of halogens is 4. The first kappa shape index (κ1) is 31.6. The van der Waals surface area contributed by atoms with E-state index in [1.165, 1.54) is 0 Å². The van der Waals surface area contributed by atoms with Crippen LogP contribution in [0.4, 0.5) is 13.2 Å². The number of hydrogen-bond donors (Lipinski definition) is 2. The second-order valence-corrected chi connectivity index (χ2v) is 9.78. The summed E-state index contributed by atoms with van der Waals surface area (Å²) < 4.78 is 33.6. The number of carboxylic acids is 1. The van der Waals surface area contributed by atoms with Crippen LogP contribution in [0.25, 0.3) is 5.69 Å². The lowest BCUT2D eigenvalue weighted by Gasteiger charge is -2.34. The van der Waals surface area contributed by atoms with E-state index < -0.39 is 12.1 Å². The van der Waals surface area contributed by atoms with Gasteiger partial charge in [0.25, 0.3) is 5.91 Å². The second-order valence-electron chi connectivity index (χ2n) is 9.37. The Labute approximate surface area is 240 Å². The topological polar surface area (TPSA) is 123 Å². The number of carboxylic acid groups (broad SMARTS) is 1. The van der Waals surface area contributed by atoms with Crippen molar-refractivity contribution in [3.8, 4) is 11.8 Å². The number of aryl methyl sites for hydroxylation is 1. The Morgan fingerprint density at radius 1 is 1.10 bits per heavy atom. The van der Waals surface area contributed by atoms with E-state index in [1.807, 2.05) is 53.8 Å². The molecule has 1 amide bonds. The number of amides is 1. The van der Waals surface area contributed by atoms with Crippen molar-refractivity contribution >= 4 is 23.5 Å². The van der Waals surface area contributed by atoms with E-state index in [9.17, 15) is 18.0 Å². The number of alkyl halides is 3. The highest BCUT2D eigenvalue weighted by Gasteiger charge is 2.38. The number of carbonyl (C=O) groups excluding carboxylic acids is 1. The fraction of sp³-hybridized carbons (Fsp3) is 0.357. The molecule has 1 fully saturated rings. The van der Waals surface area contributed by atoms with Crippen LogP contribution < -0.4 is 0 Å². The molecule has 218 valence electrons. The molecular weight excluding hydrogens is 563 g/mol. The molecule has 13 heteroatoms. The SMILES string of the molecule is Cc1nn(-c2ccc(C#N)c(Cl)c2)c(C)c1Cc1cccc(C(=O)N2CCN(CCO)CC2)c1.O=C(O)C(F)(F)F. The zero-order valence-corrected chi connectivity index (χ0v) is 23.2. The van der Waals surface area contributed by atoms with Gasteiger partial charge in [-0.05, 0) is 49.7 Å². The van der Waals surface area contributed by atoms with E-state index in [4.69, 9.17) is 37.0 Å². The normalized spacial score (nSPS) is 13.8. The maximum atomic E-state index is 13.1. The molecule has 1 aromatic heterocycles. The van der Waals surface area contributed by atoms with Gasteiger partial charge >= 0.3 is 12.1 Å². The van der Waals surface area contributed by atoms with Crippen LogP contribution in [0, 0.1) is 25.2 Å². The molecule has 2 aromatic carbocycles. The predicted molar refractivity (Wildman–Crippen MR) is 145 cm³/mol. The molecule has 1 saturated heterocycles. The number of rotatable bonds is 6. The average molecular weight is 592 g/mol. The Kier molecular flexibility index (Phi) is 10.5. The van der Waals surface area contributed by atoms with Gasteiger partial charge in [-0.1, -0.05) is 23.7 Å². The summed E-state index contributed by atoms with van der Waals surface area (Å²) in [6.45, 7) is 7.68. The van der Waals surface area contributed by atoms with Crippen LogP contribution in [0.15, 0.2) is 42.5 Å². The Balaban J connectivity index is 0.000000587. The number of benzene rings is 2. The summed E-state index contributed by atoms with van der Waals surface area (Å²) >= 11 is 6.23. The van der Waals surface area contributed by atoms with Gasteiger partial charge in [0.15, 0.2) is 0 Å². The van der Waals surface area contributed by atoms with Gasteiger partial charge in [0.05, 0.1) is 28.6 Å². The highest BCUT2D eigenvalue weighted by atomic mass is 35.5. The van der Waals surface area contributed by atoms with E-state index in [2.05, 4.69) is 11.0 Å². The van der Waals surface area contributed by atoms with Gasteiger partial charge in [0.1, 0.15) is 6.07 Å². The molecule has 0 aliphatic carbocycles. The third-order valence-corrected chi connectivity index (χ3v) is 6.94. The number of carbonyl (C=O) groups is 2. The first-order valence-electron chi connectivity index (χ1n) is 12.6. The van der Waals surface area contributed by atoms with Gasteiger partial charge in [-0.3, -0.25) is 9.69 Å². The molecule has 1 aliphatic heterocycles. The number of hydrogen-bond acceptors (Lipinski definition) is 6. The van der Waals surface area contributed by atoms with Gasteiger partial charge in [0.2, 0.25) is 0 Å². The third kappa shape index (κ3) is 8.07. The molecule has 9 nitrogen and oxygen atoms in total. The smallest absolute Gasteiger partial charge is 0.475 e. The lowest BCUT2D eigenvalue weighted by Crippen LogP contribution is -2.49. The van der Waals surface area contributed by atoms with Crippen molar-refractivity contribution in [1.82, 2.24) is 19.6 Å². The number of aliphatic carboxylic acids is 1. The van der Waals surface area contributed by atoms with E-state index in [0.717, 1.165) is 41.3 Å². The number of aliphatic hydroxyl groups excluding tert-OH is 1. The van der Waals surface area contributed by atoms with Crippen LogP contribution in [0.3, 0.4) is 0 Å². The fourth-order valence-electron chi connectivity index (χ4n) is 4.43. The van der Waals surface area contributed by atoms with Gasteiger partial charge in [-0.15, -0.1) is 0 Å². The van der Waals surface area contributed by atoms with Crippen LogP contribution in [-0.4, -0.2) is 87.2 Å². The molecule has 0 atom stereocenters. The Bertz CT molecular complexity index is 1440. The number of aliphatic hydroxyl groups is 1. The first-order chi connectivity index (χ1) is 19.3. The summed E-state index contributed by atoms with van der Waals surface area (Å²) in [5, 5.41) is 30.5. The summed E-state index contributed by atoms with van der Waals surface area (Å²) in [5.41, 5.74) is 5.99. The summed E-state index contributed by atoms with van der Waals surface area (Å²) in [4.78, 5) is 26.0. The standard InChI is InChI=1S/C26H28ClN5O2.C2HF3O2/c1-18-24(19(2)32(29-18)23-7-6-22(17-28)25(27)16-23)15-20-4-3-5-21(14-20)26(34)31-10-8-30(9-11-31)12-13-33;3-2(4,5)1(6)7/h3-7,14,16,33H,8-13,15H2,1-2H3;(H,6,7). The highest BCUT2D eigenvalue weighted by molar-refractivity contribution is 6.31. The third-order valence-electron chi connectivity index (χ3n) is 6.63. The fourth-order valence-corrected chi connectivity index (χ4v) is 4.64. The molecule has 0 saturated carbocycles. The van der Waals surface area contributed by atoms with Crippen molar-refractivity contribution in [3.63, 3.8) is 0 Å². The number of piperazine rings is 1. The monoisotopic (exact) mass is 591 g/mol. The molecule has 1 aliphatic rings. The number of β-amino-alcohol motifs (C(OH)–C–C–N with tert-alkyl or cyclic N) is 1. The number of aromatic nitrogens is 2. The predicted octanol–water partition coefficient (Wildman–Crippen LogP) is 3.99. The van der Waals surface area contributed by atoms with E-state index in [0.29, 0.717) is 42.2 Å². The minimum atomic E-state index is -5.08.